The van der Waals surface area contributed by atoms with Crippen molar-refractivity contribution < 1.29 is 18.4 Å². The van der Waals surface area contributed by atoms with Crippen LogP contribution in [0.4, 0.5) is 14.5 Å². The number of halogens is 3. The lowest BCUT2D eigenvalue weighted by molar-refractivity contribution is -0.134. The topological polar surface area (TPSA) is 49.4 Å². The van der Waals surface area contributed by atoms with Crippen LogP contribution in [0.2, 0.25) is 5.02 Å². The molecular formula is C23H23ClF2N2O2. The van der Waals surface area contributed by atoms with Gasteiger partial charge >= 0.3 is 0 Å². The van der Waals surface area contributed by atoms with Crippen LogP contribution in [0.1, 0.15) is 43.6 Å². The summed E-state index contributed by atoms with van der Waals surface area (Å²) in [5.41, 5.74) is 3.09. The van der Waals surface area contributed by atoms with Gasteiger partial charge in [-0.25, -0.2) is 8.78 Å². The largest absolute Gasteiger partial charge is 0.363 e. The first-order valence-corrected chi connectivity index (χ1v) is 10.6. The first-order valence-electron chi connectivity index (χ1n) is 10.2. The smallest absolute Gasteiger partial charge is 0.258 e. The molecular weight excluding hydrogens is 410 g/mol. The van der Waals surface area contributed by atoms with Crippen LogP contribution >= 0.6 is 11.6 Å². The fourth-order valence-corrected chi connectivity index (χ4v) is 4.77. The van der Waals surface area contributed by atoms with Crippen molar-refractivity contribution in [2.45, 2.75) is 50.5 Å². The van der Waals surface area contributed by atoms with E-state index in [-0.39, 0.29) is 18.2 Å². The molecule has 0 aromatic heterocycles. The number of amides is 2. The van der Waals surface area contributed by atoms with E-state index >= 15 is 0 Å². The highest BCUT2D eigenvalue weighted by Gasteiger charge is 2.31. The number of rotatable bonds is 4. The summed E-state index contributed by atoms with van der Waals surface area (Å²) in [6.45, 7) is 0.625. The van der Waals surface area contributed by atoms with Gasteiger partial charge in [0.1, 0.15) is 0 Å². The number of carbonyl (C=O) groups excluding carboxylic acids is 2. The third-order valence-electron chi connectivity index (χ3n) is 5.99. The van der Waals surface area contributed by atoms with Gasteiger partial charge in [-0.15, -0.1) is 0 Å². The van der Waals surface area contributed by atoms with Crippen LogP contribution in [0.15, 0.2) is 42.5 Å². The van der Waals surface area contributed by atoms with E-state index in [1.807, 2.05) is 36.4 Å². The van der Waals surface area contributed by atoms with Gasteiger partial charge < -0.3 is 4.90 Å². The van der Waals surface area contributed by atoms with Crippen molar-refractivity contribution >= 4 is 29.1 Å². The molecule has 2 atom stereocenters. The predicted molar refractivity (Wildman–Crippen MR) is 113 cm³/mol. The summed E-state index contributed by atoms with van der Waals surface area (Å²) in [7, 11) is 0. The number of hydrogen-bond donors (Lipinski definition) is 1. The number of piperidine rings is 2. The number of alkyl halides is 2. The number of anilines is 1. The highest BCUT2D eigenvalue weighted by atomic mass is 35.5. The summed E-state index contributed by atoms with van der Waals surface area (Å²) in [5, 5.41) is 2.84. The van der Waals surface area contributed by atoms with Gasteiger partial charge in [0.25, 0.3) is 6.43 Å². The molecule has 2 unspecified atom stereocenters. The average molecular weight is 433 g/mol. The van der Waals surface area contributed by atoms with Crippen LogP contribution in [0.25, 0.3) is 11.1 Å². The highest BCUT2D eigenvalue weighted by molar-refractivity contribution is 6.34. The molecule has 4 nitrogen and oxygen atoms in total. The Bertz CT molecular complexity index is 949. The van der Waals surface area contributed by atoms with E-state index in [1.54, 1.807) is 11.0 Å². The van der Waals surface area contributed by atoms with Crippen LogP contribution in [-0.4, -0.2) is 30.8 Å². The Balaban J connectivity index is 1.60. The Morgan fingerprint density at radius 1 is 1.03 bits per heavy atom. The lowest BCUT2D eigenvalue weighted by Crippen LogP contribution is -2.44. The molecule has 2 aromatic carbocycles. The molecule has 1 N–H and O–H groups in total. The highest BCUT2D eigenvalue weighted by Crippen LogP contribution is 2.38. The average Bonchev–Trinajstić information content (AvgIpc) is 2.74. The molecule has 0 spiro atoms. The lowest BCUT2D eigenvalue weighted by atomic mass is 9.88. The number of hydrogen-bond acceptors (Lipinski definition) is 3. The molecule has 2 aromatic rings. The van der Waals surface area contributed by atoms with Gasteiger partial charge in [0, 0.05) is 24.2 Å². The number of nitrogens with zero attached hydrogens (tertiary/aromatic N) is 1. The Morgan fingerprint density at radius 3 is 2.50 bits per heavy atom. The maximum absolute atomic E-state index is 13.4. The molecule has 158 valence electrons. The van der Waals surface area contributed by atoms with Crippen molar-refractivity contribution in [2.75, 3.05) is 11.4 Å². The maximum Gasteiger partial charge on any atom is 0.258 e. The minimum absolute atomic E-state index is 0.265. The molecule has 7 heteroatoms. The van der Waals surface area contributed by atoms with E-state index in [9.17, 15) is 18.4 Å². The van der Waals surface area contributed by atoms with Gasteiger partial charge in [-0.3, -0.25) is 14.9 Å². The predicted octanol–water partition coefficient (Wildman–Crippen LogP) is 5.15. The number of nitrogens with one attached hydrogen (secondary N) is 1. The molecule has 0 aliphatic carbocycles. The quantitative estimate of drug-likeness (QED) is 0.679. The Hall–Kier alpha value is -2.47. The maximum atomic E-state index is 13.4. The molecule has 0 saturated carbocycles. The SMILES string of the molecule is O=C1CCC(c2cccc(-c3ccc(N4CCCCC4C(F)F)cc3)c2Cl)C(=O)N1. The van der Waals surface area contributed by atoms with E-state index in [0.29, 0.717) is 30.0 Å². The molecule has 2 heterocycles. The summed E-state index contributed by atoms with van der Waals surface area (Å²) in [6, 6.07) is 12.2. The second-order valence-electron chi connectivity index (χ2n) is 7.85. The standard InChI is InChI=1S/C23H23ClF2N2O2/c24-21-16(4-3-5-17(21)18-11-12-20(29)27-23(18)30)14-7-9-15(10-8-14)28-13-2-1-6-19(28)22(25)26/h3-5,7-10,18-19,22H,1-2,6,11-13H2,(H,27,29,30). The van der Waals surface area contributed by atoms with E-state index in [0.717, 1.165) is 29.7 Å². The van der Waals surface area contributed by atoms with Crippen LogP contribution < -0.4 is 10.2 Å². The van der Waals surface area contributed by atoms with E-state index in [1.165, 1.54) is 0 Å². The molecule has 2 saturated heterocycles. The Labute approximate surface area is 179 Å². The summed E-state index contributed by atoms with van der Waals surface area (Å²) < 4.78 is 26.8. The first kappa shape index (κ1) is 20.8. The Kier molecular flexibility index (Phi) is 6.04. The van der Waals surface area contributed by atoms with Gasteiger partial charge in [-0.1, -0.05) is 41.9 Å². The summed E-state index contributed by atoms with van der Waals surface area (Å²) >= 11 is 6.66. The third-order valence-corrected chi connectivity index (χ3v) is 6.42. The van der Waals surface area contributed by atoms with Gasteiger partial charge in [0.05, 0.1) is 17.0 Å². The van der Waals surface area contributed by atoms with Crippen molar-refractivity contribution in [1.82, 2.24) is 5.32 Å². The van der Waals surface area contributed by atoms with Crippen molar-refractivity contribution in [3.63, 3.8) is 0 Å². The number of benzene rings is 2. The van der Waals surface area contributed by atoms with E-state index in [4.69, 9.17) is 11.6 Å². The molecule has 30 heavy (non-hydrogen) atoms. The lowest BCUT2D eigenvalue weighted by Gasteiger charge is -2.37. The van der Waals surface area contributed by atoms with E-state index < -0.39 is 18.4 Å². The summed E-state index contributed by atoms with van der Waals surface area (Å²) in [6.07, 6.45) is 0.574. The number of carbonyl (C=O) groups is 2. The number of imide groups is 1. The minimum Gasteiger partial charge on any atom is -0.363 e. The molecule has 4 rings (SSSR count). The fraction of sp³-hybridized carbons (Fsp3) is 0.391. The zero-order valence-electron chi connectivity index (χ0n) is 16.4. The zero-order chi connectivity index (χ0) is 21.3. The van der Waals surface area contributed by atoms with Crippen molar-refractivity contribution in [3.05, 3.63) is 53.1 Å². The second kappa shape index (κ2) is 8.72. The van der Waals surface area contributed by atoms with Gasteiger partial charge in [0.15, 0.2) is 0 Å². The zero-order valence-corrected chi connectivity index (χ0v) is 17.2. The summed E-state index contributed by atoms with van der Waals surface area (Å²) in [5.74, 6) is -1.06. The molecule has 2 amide bonds. The first-order chi connectivity index (χ1) is 14.5. The van der Waals surface area contributed by atoms with Crippen LogP contribution in [0.3, 0.4) is 0 Å². The molecule has 2 aliphatic rings. The van der Waals surface area contributed by atoms with Crippen LogP contribution in [0.5, 0.6) is 0 Å². The van der Waals surface area contributed by atoms with Gasteiger partial charge in [-0.2, -0.15) is 0 Å². The van der Waals surface area contributed by atoms with Crippen molar-refractivity contribution in [3.8, 4) is 11.1 Å². The molecule has 2 fully saturated rings. The molecule has 0 bridgehead atoms. The minimum atomic E-state index is -2.37. The Morgan fingerprint density at radius 2 is 1.80 bits per heavy atom. The monoisotopic (exact) mass is 432 g/mol. The normalized spacial score (nSPS) is 22.3. The molecule has 0 radical (unpaired) electrons. The second-order valence-corrected chi connectivity index (χ2v) is 8.23. The van der Waals surface area contributed by atoms with Gasteiger partial charge in [-0.05, 0) is 48.9 Å². The van der Waals surface area contributed by atoms with Crippen molar-refractivity contribution in [2.24, 2.45) is 0 Å². The third kappa shape index (κ3) is 4.06. The summed E-state index contributed by atoms with van der Waals surface area (Å²) in [4.78, 5) is 25.5. The fourth-order valence-electron chi connectivity index (χ4n) is 4.40. The van der Waals surface area contributed by atoms with Gasteiger partial charge in [0.2, 0.25) is 11.8 Å². The van der Waals surface area contributed by atoms with Crippen LogP contribution in [-0.2, 0) is 9.59 Å². The van der Waals surface area contributed by atoms with Crippen LogP contribution in [0, 0.1) is 0 Å². The molecule has 2 aliphatic heterocycles. The van der Waals surface area contributed by atoms with E-state index in [2.05, 4.69) is 5.32 Å². The van der Waals surface area contributed by atoms with Crippen molar-refractivity contribution in [1.29, 1.82) is 0 Å².